The number of benzene rings is 1. The van der Waals surface area contributed by atoms with Gasteiger partial charge in [0.2, 0.25) is 5.91 Å². The first kappa shape index (κ1) is 10.7. The highest BCUT2D eigenvalue weighted by molar-refractivity contribution is 6.17. The van der Waals surface area contributed by atoms with Gasteiger partial charge in [-0.15, -0.1) is 0 Å². The molecular formula is C12H13NO3. The monoisotopic (exact) mass is 219 g/mol. The maximum Gasteiger partial charge on any atom is 0.271 e. The van der Waals surface area contributed by atoms with Crippen LogP contribution in [-0.4, -0.2) is 18.4 Å². The van der Waals surface area contributed by atoms with Crippen molar-refractivity contribution in [2.45, 2.75) is 13.8 Å². The van der Waals surface area contributed by atoms with Crippen LogP contribution in [0, 0.1) is 5.92 Å². The number of hydrogen-bond acceptors (Lipinski definition) is 3. The molecule has 0 saturated heterocycles. The van der Waals surface area contributed by atoms with Crippen molar-refractivity contribution in [3.05, 3.63) is 24.3 Å². The Morgan fingerprint density at radius 3 is 2.75 bits per heavy atom. The van der Waals surface area contributed by atoms with E-state index in [1.54, 1.807) is 32.0 Å². The fraction of sp³-hybridized carbons (Fsp3) is 0.333. The van der Waals surface area contributed by atoms with Crippen molar-refractivity contribution < 1.29 is 14.3 Å². The third kappa shape index (κ3) is 1.66. The van der Waals surface area contributed by atoms with Crippen LogP contribution >= 0.6 is 0 Å². The van der Waals surface area contributed by atoms with Gasteiger partial charge in [-0.05, 0) is 12.1 Å². The molecule has 0 aliphatic carbocycles. The number of imide groups is 1. The number of amides is 2. The summed E-state index contributed by atoms with van der Waals surface area (Å²) >= 11 is 0. The summed E-state index contributed by atoms with van der Waals surface area (Å²) in [5, 5.41) is 0. The lowest BCUT2D eigenvalue weighted by atomic mass is 10.1. The van der Waals surface area contributed by atoms with Crippen LogP contribution in [0.4, 0.5) is 5.69 Å². The van der Waals surface area contributed by atoms with E-state index in [2.05, 4.69) is 0 Å². The summed E-state index contributed by atoms with van der Waals surface area (Å²) in [7, 11) is 0. The molecular weight excluding hydrogens is 206 g/mol. The highest BCUT2D eigenvalue weighted by atomic mass is 16.5. The molecule has 0 fully saturated rings. The normalized spacial score (nSPS) is 14.7. The van der Waals surface area contributed by atoms with E-state index in [4.69, 9.17) is 4.74 Å². The second-order valence-corrected chi connectivity index (χ2v) is 3.98. The number of nitrogens with zero attached hydrogens (tertiary/aromatic N) is 1. The molecule has 16 heavy (non-hydrogen) atoms. The fourth-order valence-corrected chi connectivity index (χ4v) is 1.60. The molecule has 2 rings (SSSR count). The molecule has 1 aliphatic heterocycles. The summed E-state index contributed by atoms with van der Waals surface area (Å²) in [5.41, 5.74) is 0.539. The van der Waals surface area contributed by atoms with Gasteiger partial charge >= 0.3 is 0 Å². The molecule has 1 aromatic rings. The van der Waals surface area contributed by atoms with E-state index in [1.165, 1.54) is 4.90 Å². The van der Waals surface area contributed by atoms with Gasteiger partial charge in [-0.3, -0.25) is 9.59 Å². The van der Waals surface area contributed by atoms with Crippen LogP contribution in [0.3, 0.4) is 0 Å². The van der Waals surface area contributed by atoms with Crippen LogP contribution in [-0.2, 0) is 9.59 Å². The molecule has 1 aliphatic rings. The summed E-state index contributed by atoms with van der Waals surface area (Å²) in [6, 6.07) is 7.06. The number of fused-ring (bicyclic) bond motifs is 1. The number of hydrogen-bond donors (Lipinski definition) is 0. The summed E-state index contributed by atoms with van der Waals surface area (Å²) in [6.07, 6.45) is 0. The van der Waals surface area contributed by atoms with Crippen molar-refractivity contribution in [1.82, 2.24) is 0 Å². The van der Waals surface area contributed by atoms with Crippen LogP contribution in [0.2, 0.25) is 0 Å². The van der Waals surface area contributed by atoms with Gasteiger partial charge in [0.05, 0.1) is 5.69 Å². The third-order valence-electron chi connectivity index (χ3n) is 2.42. The summed E-state index contributed by atoms with van der Waals surface area (Å²) in [6.45, 7) is 3.47. The highest BCUT2D eigenvalue weighted by Crippen LogP contribution is 2.32. The zero-order valence-electron chi connectivity index (χ0n) is 9.27. The van der Waals surface area contributed by atoms with E-state index in [0.29, 0.717) is 11.4 Å². The van der Waals surface area contributed by atoms with E-state index < -0.39 is 0 Å². The number of para-hydroxylation sites is 2. The van der Waals surface area contributed by atoms with Gasteiger partial charge in [-0.1, -0.05) is 26.0 Å². The lowest BCUT2D eigenvalue weighted by Crippen LogP contribution is -2.45. The first-order valence-electron chi connectivity index (χ1n) is 5.20. The molecule has 0 radical (unpaired) electrons. The summed E-state index contributed by atoms with van der Waals surface area (Å²) in [5.74, 6) is -0.135. The molecule has 0 bridgehead atoms. The summed E-state index contributed by atoms with van der Waals surface area (Å²) in [4.78, 5) is 24.8. The predicted molar refractivity (Wildman–Crippen MR) is 59.3 cm³/mol. The minimum atomic E-state index is -0.308. The quantitative estimate of drug-likeness (QED) is 0.720. The molecule has 84 valence electrons. The van der Waals surface area contributed by atoms with Crippen molar-refractivity contribution in [2.75, 3.05) is 11.5 Å². The van der Waals surface area contributed by atoms with Crippen molar-refractivity contribution in [2.24, 2.45) is 5.92 Å². The van der Waals surface area contributed by atoms with Crippen LogP contribution in [0.25, 0.3) is 0 Å². The zero-order valence-corrected chi connectivity index (χ0v) is 9.27. The molecule has 1 heterocycles. The topological polar surface area (TPSA) is 46.6 Å². The van der Waals surface area contributed by atoms with Crippen molar-refractivity contribution in [1.29, 1.82) is 0 Å². The molecule has 0 spiro atoms. The number of rotatable bonds is 1. The molecule has 4 nitrogen and oxygen atoms in total. The Morgan fingerprint density at radius 2 is 2.06 bits per heavy atom. The number of anilines is 1. The molecule has 2 amide bonds. The minimum absolute atomic E-state index is 0.0739. The molecule has 0 saturated carbocycles. The van der Waals surface area contributed by atoms with E-state index in [1.807, 2.05) is 6.07 Å². The largest absolute Gasteiger partial charge is 0.482 e. The molecule has 0 unspecified atom stereocenters. The Kier molecular flexibility index (Phi) is 2.64. The highest BCUT2D eigenvalue weighted by Gasteiger charge is 2.31. The first-order valence-corrected chi connectivity index (χ1v) is 5.20. The van der Waals surface area contributed by atoms with Gasteiger partial charge in [-0.2, -0.15) is 0 Å². The van der Waals surface area contributed by atoms with E-state index in [0.717, 1.165) is 0 Å². The van der Waals surface area contributed by atoms with Crippen molar-refractivity contribution >= 4 is 17.5 Å². The number of carbonyl (C=O) groups excluding carboxylic acids is 2. The van der Waals surface area contributed by atoms with Crippen LogP contribution in [0.5, 0.6) is 5.75 Å². The Hall–Kier alpha value is -1.84. The van der Waals surface area contributed by atoms with Gasteiger partial charge in [0, 0.05) is 5.92 Å². The SMILES string of the molecule is CC(C)C(=O)N1C(=O)COc2ccccc21. The Labute approximate surface area is 93.8 Å². The van der Waals surface area contributed by atoms with Gasteiger partial charge in [-0.25, -0.2) is 4.90 Å². The standard InChI is InChI=1S/C12H13NO3/c1-8(2)12(15)13-9-5-3-4-6-10(9)16-7-11(13)14/h3-6,8H,7H2,1-2H3. The molecule has 0 aromatic heterocycles. The van der Waals surface area contributed by atoms with Crippen molar-refractivity contribution in [3.63, 3.8) is 0 Å². The van der Waals surface area contributed by atoms with Gasteiger partial charge < -0.3 is 4.74 Å². The second-order valence-electron chi connectivity index (χ2n) is 3.98. The van der Waals surface area contributed by atoms with Crippen LogP contribution < -0.4 is 9.64 Å². The maximum absolute atomic E-state index is 11.9. The number of ether oxygens (including phenoxy) is 1. The lowest BCUT2D eigenvalue weighted by Gasteiger charge is -2.28. The van der Waals surface area contributed by atoms with Crippen molar-refractivity contribution in [3.8, 4) is 5.75 Å². The average molecular weight is 219 g/mol. The minimum Gasteiger partial charge on any atom is -0.482 e. The Morgan fingerprint density at radius 1 is 1.38 bits per heavy atom. The smallest absolute Gasteiger partial charge is 0.271 e. The third-order valence-corrected chi connectivity index (χ3v) is 2.42. The zero-order chi connectivity index (χ0) is 11.7. The fourth-order valence-electron chi connectivity index (χ4n) is 1.60. The first-order chi connectivity index (χ1) is 7.61. The molecule has 4 heteroatoms. The van der Waals surface area contributed by atoms with Gasteiger partial charge in [0.25, 0.3) is 5.91 Å². The molecule has 0 N–H and O–H groups in total. The Balaban J connectivity index is 2.45. The van der Waals surface area contributed by atoms with E-state index in [9.17, 15) is 9.59 Å². The van der Waals surface area contributed by atoms with Gasteiger partial charge in [0.1, 0.15) is 5.75 Å². The molecule has 1 aromatic carbocycles. The van der Waals surface area contributed by atoms with Gasteiger partial charge in [0.15, 0.2) is 6.61 Å². The summed E-state index contributed by atoms with van der Waals surface area (Å²) < 4.78 is 5.25. The average Bonchev–Trinajstić information content (AvgIpc) is 2.28. The van der Waals surface area contributed by atoms with Crippen LogP contribution in [0.15, 0.2) is 24.3 Å². The molecule has 0 atom stereocenters. The Bertz CT molecular complexity index is 440. The predicted octanol–water partition coefficient (Wildman–Crippen LogP) is 1.59. The number of carbonyl (C=O) groups is 2. The maximum atomic E-state index is 11.9. The second kappa shape index (κ2) is 3.96. The van der Waals surface area contributed by atoms with Crippen LogP contribution in [0.1, 0.15) is 13.8 Å². The van der Waals surface area contributed by atoms with E-state index in [-0.39, 0.29) is 24.3 Å². The lowest BCUT2D eigenvalue weighted by molar-refractivity contribution is -0.130. The van der Waals surface area contributed by atoms with E-state index >= 15 is 0 Å².